The van der Waals surface area contributed by atoms with Gasteiger partial charge >= 0.3 is 11.9 Å². The topological polar surface area (TPSA) is 99.7 Å². The molecule has 0 radical (unpaired) electrons. The molecule has 142 valence electrons. The Kier molecular flexibility index (Phi) is 6.78. The molecule has 2 aromatic carbocycles. The van der Waals surface area contributed by atoms with Crippen LogP contribution in [0.25, 0.3) is 0 Å². The van der Waals surface area contributed by atoms with Gasteiger partial charge in [-0.3, -0.25) is 0 Å². The van der Waals surface area contributed by atoms with Gasteiger partial charge in [0.1, 0.15) is 0 Å². The number of hydrogen-bond acceptors (Lipinski definition) is 9. The van der Waals surface area contributed by atoms with Crippen molar-refractivity contribution in [2.75, 3.05) is 23.7 Å². The smallest absolute Gasteiger partial charge is 0.357 e. The highest BCUT2D eigenvalue weighted by molar-refractivity contribution is 8.76. The molecular formula is C17H17N3O4S3. The predicted molar refractivity (Wildman–Crippen MR) is 111 cm³/mol. The van der Waals surface area contributed by atoms with Crippen molar-refractivity contribution in [3.63, 3.8) is 0 Å². The molecule has 0 amide bonds. The third-order valence-corrected chi connectivity index (χ3v) is 6.33. The van der Waals surface area contributed by atoms with Crippen molar-refractivity contribution in [1.29, 1.82) is 0 Å². The Labute approximate surface area is 169 Å². The minimum Gasteiger partial charge on any atom is -0.478 e. The van der Waals surface area contributed by atoms with Crippen LogP contribution in [0.3, 0.4) is 0 Å². The van der Waals surface area contributed by atoms with Crippen molar-refractivity contribution in [3.05, 3.63) is 47.5 Å². The van der Waals surface area contributed by atoms with Crippen LogP contribution in [-0.4, -0.2) is 30.1 Å². The minimum absolute atomic E-state index is 0.231. The zero-order valence-electron chi connectivity index (χ0n) is 14.0. The van der Waals surface area contributed by atoms with Crippen LogP contribution < -0.4 is 15.5 Å². The Bertz CT molecular complexity index is 863. The molecule has 4 N–H and O–H groups in total. The van der Waals surface area contributed by atoms with E-state index in [4.69, 9.17) is 4.84 Å². The summed E-state index contributed by atoms with van der Waals surface area (Å²) in [4.78, 5) is 31.7. The van der Waals surface area contributed by atoms with Crippen LogP contribution in [0.15, 0.2) is 46.2 Å². The summed E-state index contributed by atoms with van der Waals surface area (Å²) in [5, 5.41) is 16.0. The second-order valence-corrected chi connectivity index (χ2v) is 7.98. The molecule has 0 saturated carbocycles. The number of carbonyl (C=O) groups is 2. The van der Waals surface area contributed by atoms with Crippen LogP contribution in [0.5, 0.6) is 0 Å². The fraction of sp³-hybridized carbons (Fsp3) is 0.176. The lowest BCUT2D eigenvalue weighted by Crippen LogP contribution is -2.12. The molecule has 1 aliphatic heterocycles. The Morgan fingerprint density at radius 1 is 1.00 bits per heavy atom. The van der Waals surface area contributed by atoms with E-state index in [-0.39, 0.29) is 5.56 Å². The molecule has 0 spiro atoms. The first-order valence-corrected chi connectivity index (χ1v) is 10.6. The van der Waals surface area contributed by atoms with Crippen molar-refractivity contribution in [2.24, 2.45) is 0 Å². The van der Waals surface area contributed by atoms with E-state index in [9.17, 15) is 14.7 Å². The predicted octanol–water partition coefficient (Wildman–Crippen LogP) is 3.92. The second kappa shape index (κ2) is 9.27. The van der Waals surface area contributed by atoms with Gasteiger partial charge in [-0.25, -0.2) is 9.59 Å². The molecule has 3 rings (SSSR count). The number of carbonyl (C=O) groups excluding carboxylic acids is 1. The average Bonchev–Trinajstić information content (AvgIpc) is 2.70. The van der Waals surface area contributed by atoms with E-state index in [2.05, 4.69) is 28.3 Å². The van der Waals surface area contributed by atoms with Crippen LogP contribution in [-0.2, 0) is 4.84 Å². The Hall–Kier alpha value is -2.01. The SMILES string of the molecule is O=C(O)c1ccc2c(c1)SSc1cc(C(=O)ONS)ccc1NCCCN2. The Morgan fingerprint density at radius 2 is 1.56 bits per heavy atom. The van der Waals surface area contributed by atoms with Crippen LogP contribution >= 0.6 is 34.4 Å². The van der Waals surface area contributed by atoms with Gasteiger partial charge in [0.15, 0.2) is 0 Å². The van der Waals surface area contributed by atoms with Gasteiger partial charge in [0.05, 0.1) is 11.1 Å². The molecule has 27 heavy (non-hydrogen) atoms. The van der Waals surface area contributed by atoms with Gasteiger partial charge in [-0.05, 0) is 42.8 Å². The molecule has 0 bridgehead atoms. The summed E-state index contributed by atoms with van der Waals surface area (Å²) in [7, 11) is 2.87. The first-order chi connectivity index (χ1) is 13.1. The molecule has 1 aliphatic rings. The van der Waals surface area contributed by atoms with E-state index in [0.29, 0.717) is 5.56 Å². The van der Waals surface area contributed by atoms with E-state index in [1.54, 1.807) is 30.3 Å². The van der Waals surface area contributed by atoms with Crippen molar-refractivity contribution in [2.45, 2.75) is 16.2 Å². The van der Waals surface area contributed by atoms with E-state index in [1.807, 2.05) is 6.07 Å². The number of aromatic carboxylic acids is 1. The lowest BCUT2D eigenvalue weighted by molar-refractivity contribution is 0.0429. The maximum Gasteiger partial charge on any atom is 0.357 e. The summed E-state index contributed by atoms with van der Waals surface area (Å²) in [6.45, 7) is 1.51. The average molecular weight is 424 g/mol. The summed E-state index contributed by atoms with van der Waals surface area (Å²) < 4.78 is 0. The summed E-state index contributed by atoms with van der Waals surface area (Å²) >= 11 is 3.67. The summed E-state index contributed by atoms with van der Waals surface area (Å²) in [5.74, 6) is -1.51. The fourth-order valence-electron chi connectivity index (χ4n) is 2.46. The van der Waals surface area contributed by atoms with Crippen LogP contribution in [0, 0.1) is 0 Å². The van der Waals surface area contributed by atoms with Crippen molar-refractivity contribution < 1.29 is 19.5 Å². The number of benzene rings is 2. The Morgan fingerprint density at radius 3 is 2.11 bits per heavy atom. The fourth-order valence-corrected chi connectivity index (χ4v) is 4.90. The lowest BCUT2D eigenvalue weighted by Gasteiger charge is -2.12. The minimum atomic E-state index is -0.968. The number of fused-ring (bicyclic) bond motifs is 2. The highest BCUT2D eigenvalue weighted by Crippen LogP contribution is 2.44. The zero-order valence-corrected chi connectivity index (χ0v) is 16.5. The molecular weight excluding hydrogens is 406 g/mol. The van der Waals surface area contributed by atoms with E-state index < -0.39 is 11.9 Å². The molecule has 0 fully saturated rings. The van der Waals surface area contributed by atoms with Gasteiger partial charge in [0.2, 0.25) is 0 Å². The lowest BCUT2D eigenvalue weighted by atomic mass is 10.2. The first-order valence-electron chi connectivity index (χ1n) is 8.02. The van der Waals surface area contributed by atoms with Gasteiger partial charge in [0.25, 0.3) is 0 Å². The second-order valence-electron chi connectivity index (χ2n) is 5.58. The number of rotatable bonds is 3. The standard InChI is InChI=1S/C17H17N3O4S3/c21-16(22)10-2-4-12-14(8-10)26-27-15-9-11(17(23)24-20-25)3-5-13(15)19-7-1-6-18-12/h2-5,8-9,18-20,25H,1,6-7H2,(H,21,22). The molecule has 10 heteroatoms. The molecule has 0 atom stereocenters. The highest BCUT2D eigenvalue weighted by Gasteiger charge is 2.15. The van der Waals surface area contributed by atoms with E-state index >= 15 is 0 Å². The van der Waals surface area contributed by atoms with Gasteiger partial charge in [-0.1, -0.05) is 39.3 Å². The normalized spacial score (nSPS) is 13.8. The molecule has 2 aromatic rings. The van der Waals surface area contributed by atoms with Crippen LogP contribution in [0.2, 0.25) is 0 Å². The van der Waals surface area contributed by atoms with Crippen molar-refractivity contribution >= 4 is 57.7 Å². The summed E-state index contributed by atoms with van der Waals surface area (Å²) in [5.41, 5.74) is 2.41. The summed E-state index contributed by atoms with van der Waals surface area (Å²) in [6.07, 6.45) is 0.877. The van der Waals surface area contributed by atoms with Gasteiger partial charge in [0, 0.05) is 34.3 Å². The van der Waals surface area contributed by atoms with Crippen molar-refractivity contribution in [1.82, 2.24) is 4.89 Å². The third-order valence-electron chi connectivity index (χ3n) is 3.79. The molecule has 0 unspecified atom stereocenters. The van der Waals surface area contributed by atoms with Crippen molar-refractivity contribution in [3.8, 4) is 0 Å². The number of anilines is 2. The van der Waals surface area contributed by atoms with Crippen LogP contribution in [0.1, 0.15) is 27.1 Å². The molecule has 0 aliphatic carbocycles. The Balaban J connectivity index is 1.92. The first kappa shape index (κ1) is 19.7. The van der Waals surface area contributed by atoms with Gasteiger partial charge in [-0.2, -0.15) is 0 Å². The number of thiol groups is 1. The molecule has 0 aromatic heterocycles. The maximum absolute atomic E-state index is 11.9. The quantitative estimate of drug-likeness (QED) is 0.286. The number of hydrogen-bond donors (Lipinski definition) is 5. The van der Waals surface area contributed by atoms with E-state index in [1.165, 1.54) is 21.6 Å². The van der Waals surface area contributed by atoms with Gasteiger partial charge in [-0.15, -0.1) is 0 Å². The zero-order chi connectivity index (χ0) is 19.2. The maximum atomic E-state index is 11.9. The number of nitrogens with one attached hydrogen (secondary N) is 3. The molecule has 7 nitrogen and oxygen atoms in total. The highest BCUT2D eigenvalue weighted by atomic mass is 33.1. The molecule has 0 saturated heterocycles. The third kappa shape index (κ3) is 5.04. The number of carboxylic acids is 1. The van der Waals surface area contributed by atoms with E-state index in [0.717, 1.165) is 40.7 Å². The van der Waals surface area contributed by atoms with Crippen LogP contribution in [0.4, 0.5) is 11.4 Å². The number of carboxylic acid groups (broad SMARTS) is 1. The molecule has 1 heterocycles. The monoisotopic (exact) mass is 423 g/mol. The van der Waals surface area contributed by atoms with Gasteiger partial charge < -0.3 is 20.6 Å². The summed E-state index contributed by atoms with van der Waals surface area (Å²) in [6, 6.07) is 10.3. The largest absolute Gasteiger partial charge is 0.478 e.